The molecule has 93 heavy (non-hydrogen) atoms. The number of rotatable bonds is 69. The summed E-state index contributed by atoms with van der Waals surface area (Å²) in [5, 5.41) is 54.3. The average molecular weight is 1310 g/mol. The molecule has 0 radical (unpaired) electrons. The van der Waals surface area contributed by atoms with E-state index in [1.54, 1.807) is 6.08 Å². The van der Waals surface area contributed by atoms with E-state index in [0.717, 1.165) is 83.5 Å². The summed E-state index contributed by atoms with van der Waals surface area (Å²) in [4.78, 5) is 25.1. The molecule has 1 fully saturated rings. The summed E-state index contributed by atoms with van der Waals surface area (Å²) in [5.41, 5.74) is 0. The predicted molar refractivity (Wildman–Crippen MR) is 393 cm³/mol. The van der Waals surface area contributed by atoms with E-state index in [2.05, 4.69) is 92.1 Å². The molecule has 0 aliphatic carbocycles. The van der Waals surface area contributed by atoms with Gasteiger partial charge in [-0.3, -0.25) is 9.59 Å². The number of carbonyl (C=O) groups excluding carboxylic acids is 2. The Bertz CT molecular complexity index is 1820. The van der Waals surface area contributed by atoms with Crippen LogP contribution in [-0.4, -0.2) is 100 Å². The second-order valence-electron chi connectivity index (χ2n) is 27.0. The first-order valence-corrected chi connectivity index (χ1v) is 39.4. The topological polar surface area (TPSA) is 175 Å². The molecule has 1 aliphatic rings. The third kappa shape index (κ3) is 58.7. The lowest BCUT2D eigenvalue weighted by atomic mass is 9.99. The Hall–Kier alpha value is -3.16. The molecular weight excluding hydrogens is 1160 g/mol. The van der Waals surface area contributed by atoms with Crippen molar-refractivity contribution >= 4 is 11.9 Å². The van der Waals surface area contributed by atoms with Crippen molar-refractivity contribution in [1.82, 2.24) is 5.32 Å². The molecule has 1 saturated heterocycles. The highest BCUT2D eigenvalue weighted by Crippen LogP contribution is 2.23. The number of unbranched alkanes of at least 4 members (excludes halogenated alkanes) is 43. The molecule has 11 nitrogen and oxygen atoms in total. The first-order valence-electron chi connectivity index (χ1n) is 39.4. The third-order valence-electron chi connectivity index (χ3n) is 18.2. The monoisotopic (exact) mass is 1310 g/mol. The van der Waals surface area contributed by atoms with Crippen LogP contribution in [0, 0.1) is 0 Å². The zero-order valence-electron chi connectivity index (χ0n) is 60.2. The molecule has 1 aliphatic heterocycles. The van der Waals surface area contributed by atoms with Gasteiger partial charge in [0.05, 0.1) is 32.0 Å². The second kappa shape index (κ2) is 70.2. The van der Waals surface area contributed by atoms with Crippen LogP contribution in [0.2, 0.25) is 0 Å². The summed E-state index contributed by atoms with van der Waals surface area (Å²) in [6.45, 7) is 4.20. The summed E-state index contributed by atoms with van der Waals surface area (Å²) >= 11 is 0. The van der Waals surface area contributed by atoms with E-state index < -0.39 is 49.5 Å². The molecule has 0 bridgehead atoms. The number of nitrogens with one attached hydrogen (secondary N) is 1. The summed E-state index contributed by atoms with van der Waals surface area (Å²) in [5.74, 6) is -0.195. The van der Waals surface area contributed by atoms with Gasteiger partial charge < -0.3 is 45.1 Å². The Morgan fingerprint density at radius 2 is 0.763 bits per heavy atom. The number of aliphatic hydroxyl groups excluding tert-OH is 5. The van der Waals surface area contributed by atoms with Crippen molar-refractivity contribution < 1.29 is 49.3 Å². The second-order valence-corrected chi connectivity index (χ2v) is 27.0. The standard InChI is InChI=1S/C82H147NO10/c1-3-5-7-9-11-13-15-16-17-44-47-50-54-58-62-66-70-78(87)91-71-67-63-59-55-51-48-45-42-40-38-36-34-32-30-28-26-24-22-20-18-19-21-23-25-27-29-31-33-35-37-39-41-43-46-49-53-57-61-65-69-77(86)83-74(73-92-82-81(90)80(89)79(88)76(72-84)93-82)75(85)68-64-60-56-52-14-12-10-8-6-4-2/h6,8,13-15,17-19,22,24,44,52,64,68,74-76,79-82,84-85,88-90H,3-5,7,9-12,16,20-21,23,25-43,45-51,53-63,65-67,69-73H2,1-2H3,(H,83,86)/b8-6+,15-13-,19-18-,24-22-,44-17-,52-14+,68-64+. The Morgan fingerprint density at radius 1 is 0.409 bits per heavy atom. The smallest absolute Gasteiger partial charge is 0.305 e. The maximum absolute atomic E-state index is 13.0. The number of ether oxygens (including phenoxy) is 3. The summed E-state index contributed by atoms with van der Waals surface area (Å²) < 4.78 is 16.7. The minimum Gasteiger partial charge on any atom is -0.466 e. The number of hydrogen-bond donors (Lipinski definition) is 6. The van der Waals surface area contributed by atoms with Crippen molar-refractivity contribution in [3.8, 4) is 0 Å². The predicted octanol–water partition coefficient (Wildman–Crippen LogP) is 21.2. The zero-order valence-corrected chi connectivity index (χ0v) is 60.2. The molecule has 540 valence electrons. The molecule has 11 heteroatoms. The molecule has 0 aromatic heterocycles. The summed E-state index contributed by atoms with van der Waals surface area (Å²) in [6.07, 6.45) is 87.8. The van der Waals surface area contributed by atoms with Crippen LogP contribution >= 0.6 is 0 Å². The Balaban J connectivity index is 1.88. The van der Waals surface area contributed by atoms with E-state index in [1.807, 2.05) is 6.08 Å². The highest BCUT2D eigenvalue weighted by atomic mass is 16.7. The first kappa shape index (κ1) is 87.9. The average Bonchev–Trinajstić information content (AvgIpc) is 0.887. The van der Waals surface area contributed by atoms with Crippen LogP contribution in [0.3, 0.4) is 0 Å². The number of aliphatic hydroxyl groups is 5. The fraction of sp³-hybridized carbons (Fsp3) is 0.805. The lowest BCUT2D eigenvalue weighted by Crippen LogP contribution is -2.60. The molecule has 6 N–H and O–H groups in total. The zero-order chi connectivity index (χ0) is 67.2. The number of allylic oxidation sites excluding steroid dienone is 13. The van der Waals surface area contributed by atoms with Crippen LogP contribution in [0.25, 0.3) is 0 Å². The van der Waals surface area contributed by atoms with Crippen molar-refractivity contribution in [2.45, 2.75) is 403 Å². The van der Waals surface area contributed by atoms with Gasteiger partial charge in [0.25, 0.3) is 0 Å². The summed E-state index contributed by atoms with van der Waals surface area (Å²) in [6, 6.07) is -0.833. The van der Waals surface area contributed by atoms with Crippen molar-refractivity contribution in [3.05, 3.63) is 85.1 Å². The summed E-state index contributed by atoms with van der Waals surface area (Å²) in [7, 11) is 0. The van der Waals surface area contributed by atoms with Gasteiger partial charge in [-0.2, -0.15) is 0 Å². The minimum atomic E-state index is -1.58. The molecule has 0 aromatic carbocycles. The van der Waals surface area contributed by atoms with Crippen LogP contribution in [0.4, 0.5) is 0 Å². The highest BCUT2D eigenvalue weighted by molar-refractivity contribution is 5.76. The van der Waals surface area contributed by atoms with E-state index >= 15 is 0 Å². The molecular formula is C82H147NO10. The Labute approximate surface area is 572 Å². The third-order valence-corrected chi connectivity index (χ3v) is 18.2. The van der Waals surface area contributed by atoms with Crippen molar-refractivity contribution in [1.29, 1.82) is 0 Å². The molecule has 1 amide bonds. The number of hydrogen-bond acceptors (Lipinski definition) is 10. The largest absolute Gasteiger partial charge is 0.466 e. The molecule has 7 unspecified atom stereocenters. The van der Waals surface area contributed by atoms with E-state index in [-0.39, 0.29) is 18.5 Å². The van der Waals surface area contributed by atoms with Crippen LogP contribution in [0.15, 0.2) is 85.1 Å². The van der Waals surface area contributed by atoms with E-state index in [9.17, 15) is 35.1 Å². The van der Waals surface area contributed by atoms with Gasteiger partial charge in [-0.25, -0.2) is 0 Å². The van der Waals surface area contributed by atoms with Gasteiger partial charge in [0.15, 0.2) is 6.29 Å². The van der Waals surface area contributed by atoms with E-state index in [0.29, 0.717) is 19.4 Å². The Kier molecular flexibility index (Phi) is 66.3. The van der Waals surface area contributed by atoms with E-state index in [1.165, 1.54) is 250 Å². The molecule has 1 rings (SSSR count). The number of esters is 1. The molecule has 0 saturated carbocycles. The van der Waals surface area contributed by atoms with Gasteiger partial charge in [-0.05, 0) is 116 Å². The van der Waals surface area contributed by atoms with Gasteiger partial charge >= 0.3 is 5.97 Å². The van der Waals surface area contributed by atoms with E-state index in [4.69, 9.17) is 14.2 Å². The lowest BCUT2D eigenvalue weighted by molar-refractivity contribution is -0.302. The fourth-order valence-corrected chi connectivity index (χ4v) is 12.1. The van der Waals surface area contributed by atoms with Crippen LogP contribution in [0.1, 0.15) is 361 Å². The van der Waals surface area contributed by atoms with Gasteiger partial charge in [0.2, 0.25) is 5.91 Å². The maximum Gasteiger partial charge on any atom is 0.305 e. The maximum atomic E-state index is 13.0. The van der Waals surface area contributed by atoms with Gasteiger partial charge in [0, 0.05) is 12.8 Å². The number of amides is 1. The van der Waals surface area contributed by atoms with Crippen molar-refractivity contribution in [2.75, 3.05) is 19.8 Å². The van der Waals surface area contributed by atoms with Crippen molar-refractivity contribution in [3.63, 3.8) is 0 Å². The van der Waals surface area contributed by atoms with Gasteiger partial charge in [0.1, 0.15) is 24.4 Å². The quantitative estimate of drug-likeness (QED) is 0.0195. The molecule has 0 spiro atoms. The SMILES string of the molecule is CC/C=C/CC/C=C/CC/C=C/C(O)C(COC1OC(CO)C(O)C(O)C1O)NC(=O)CCCCCCCCCCCCCCCCCCC/C=C\C/C=C\CCCCCCCCCCCCCCCCCOC(=O)CCCCCCC/C=C\C/C=C\CCCCCC. The van der Waals surface area contributed by atoms with Crippen LogP contribution in [-0.2, 0) is 23.8 Å². The fourth-order valence-electron chi connectivity index (χ4n) is 12.1. The normalized spacial score (nSPS) is 17.9. The lowest BCUT2D eigenvalue weighted by Gasteiger charge is -2.40. The van der Waals surface area contributed by atoms with Gasteiger partial charge in [-0.15, -0.1) is 0 Å². The minimum absolute atomic E-state index is 0.000500. The number of carbonyl (C=O) groups is 2. The molecule has 0 aromatic rings. The highest BCUT2D eigenvalue weighted by Gasteiger charge is 2.44. The van der Waals surface area contributed by atoms with Crippen LogP contribution in [0.5, 0.6) is 0 Å². The molecule has 7 atom stereocenters. The Morgan fingerprint density at radius 3 is 1.17 bits per heavy atom. The molecule has 1 heterocycles. The van der Waals surface area contributed by atoms with Gasteiger partial charge in [-0.1, -0.05) is 317 Å². The van der Waals surface area contributed by atoms with Crippen molar-refractivity contribution in [2.24, 2.45) is 0 Å². The first-order chi connectivity index (χ1) is 45.7. The van der Waals surface area contributed by atoms with Crippen LogP contribution < -0.4 is 5.32 Å².